The molecule has 1 aromatic carbocycles. The number of hydrogen-bond acceptors (Lipinski definition) is 4. The summed E-state index contributed by atoms with van der Waals surface area (Å²) in [5, 5.41) is 2.76. The van der Waals surface area contributed by atoms with E-state index in [1.807, 2.05) is 30.3 Å². The molecule has 0 saturated carbocycles. The van der Waals surface area contributed by atoms with Gasteiger partial charge in [0.05, 0.1) is 25.7 Å². The molecule has 2 heterocycles. The predicted octanol–water partition coefficient (Wildman–Crippen LogP) is 1.87. The molecule has 2 amide bonds. The van der Waals surface area contributed by atoms with Gasteiger partial charge in [0, 0.05) is 6.92 Å². The van der Waals surface area contributed by atoms with Crippen LogP contribution in [0.2, 0.25) is 0 Å². The van der Waals surface area contributed by atoms with E-state index < -0.39 is 0 Å². The maximum Gasteiger partial charge on any atom is 0.229 e. The zero-order valence-electron chi connectivity index (χ0n) is 13.4. The lowest BCUT2D eigenvalue weighted by molar-refractivity contribution is -0.137. The van der Waals surface area contributed by atoms with Gasteiger partial charge in [-0.3, -0.25) is 9.59 Å². The van der Waals surface area contributed by atoms with Crippen LogP contribution in [0.1, 0.15) is 12.5 Å². The Morgan fingerprint density at radius 1 is 1.21 bits per heavy atom. The molecule has 1 aromatic heterocycles. The molecule has 24 heavy (non-hydrogen) atoms. The van der Waals surface area contributed by atoms with Gasteiger partial charge in [0.25, 0.3) is 0 Å². The molecule has 0 aliphatic carbocycles. The molecule has 3 rings (SSSR count). The van der Waals surface area contributed by atoms with Crippen molar-refractivity contribution in [3.63, 3.8) is 0 Å². The summed E-state index contributed by atoms with van der Waals surface area (Å²) in [5.74, 6) is 1.06. The van der Waals surface area contributed by atoms with Crippen molar-refractivity contribution in [2.24, 2.45) is 0 Å². The standard InChI is InChI=1S/C18H19N3O3/c1-13(22)21-11-16(12-21)24-15-7-8-17(19-10-15)20-18(23)9-14-5-3-2-4-6-14/h2-8,10,16H,9,11-12H2,1H3,(H,19,20,23). The van der Waals surface area contributed by atoms with Crippen molar-refractivity contribution in [3.8, 4) is 5.75 Å². The van der Waals surface area contributed by atoms with E-state index in [4.69, 9.17) is 4.74 Å². The maximum atomic E-state index is 12.0. The number of anilines is 1. The average molecular weight is 325 g/mol. The monoisotopic (exact) mass is 325 g/mol. The van der Waals surface area contributed by atoms with Crippen LogP contribution < -0.4 is 10.1 Å². The summed E-state index contributed by atoms with van der Waals surface area (Å²) in [6.45, 7) is 2.75. The molecule has 0 unspecified atom stereocenters. The first-order chi connectivity index (χ1) is 11.6. The van der Waals surface area contributed by atoms with Gasteiger partial charge in [-0.25, -0.2) is 4.98 Å². The van der Waals surface area contributed by atoms with E-state index in [2.05, 4.69) is 10.3 Å². The highest BCUT2D eigenvalue weighted by Gasteiger charge is 2.30. The molecule has 1 aliphatic heterocycles. The number of hydrogen-bond donors (Lipinski definition) is 1. The molecule has 0 radical (unpaired) electrons. The van der Waals surface area contributed by atoms with E-state index in [1.165, 1.54) is 0 Å². The molecular formula is C18H19N3O3. The second kappa shape index (κ2) is 7.12. The largest absolute Gasteiger partial charge is 0.485 e. The third kappa shape index (κ3) is 4.10. The SMILES string of the molecule is CC(=O)N1CC(Oc2ccc(NC(=O)Cc3ccccc3)nc2)C1. The van der Waals surface area contributed by atoms with E-state index in [0.717, 1.165) is 5.56 Å². The lowest BCUT2D eigenvalue weighted by atomic mass is 10.1. The van der Waals surface area contributed by atoms with Crippen LogP contribution in [0.4, 0.5) is 5.82 Å². The van der Waals surface area contributed by atoms with Crippen molar-refractivity contribution >= 4 is 17.6 Å². The summed E-state index contributed by atoms with van der Waals surface area (Å²) in [7, 11) is 0. The van der Waals surface area contributed by atoms with Gasteiger partial charge < -0.3 is 15.0 Å². The zero-order valence-corrected chi connectivity index (χ0v) is 13.4. The Balaban J connectivity index is 1.48. The zero-order chi connectivity index (χ0) is 16.9. The van der Waals surface area contributed by atoms with Gasteiger partial charge >= 0.3 is 0 Å². The summed E-state index contributed by atoms with van der Waals surface area (Å²) in [4.78, 5) is 29.0. The number of carbonyl (C=O) groups excluding carboxylic acids is 2. The van der Waals surface area contributed by atoms with Crippen molar-refractivity contribution in [1.82, 2.24) is 9.88 Å². The van der Waals surface area contributed by atoms with Crippen LogP contribution >= 0.6 is 0 Å². The molecule has 0 spiro atoms. The van der Waals surface area contributed by atoms with Crippen LogP contribution in [0.3, 0.4) is 0 Å². The number of carbonyl (C=O) groups is 2. The molecule has 2 aromatic rings. The normalized spacial score (nSPS) is 14.0. The van der Waals surface area contributed by atoms with Crippen molar-refractivity contribution in [2.75, 3.05) is 18.4 Å². The number of aromatic nitrogens is 1. The first-order valence-corrected chi connectivity index (χ1v) is 7.82. The minimum absolute atomic E-state index is 0.00854. The molecule has 0 atom stereocenters. The maximum absolute atomic E-state index is 12.0. The third-order valence-corrected chi connectivity index (χ3v) is 3.81. The summed E-state index contributed by atoms with van der Waals surface area (Å²) >= 11 is 0. The molecule has 6 nitrogen and oxygen atoms in total. The highest BCUT2D eigenvalue weighted by atomic mass is 16.5. The number of ether oxygens (including phenoxy) is 1. The minimum atomic E-state index is -0.113. The highest BCUT2D eigenvalue weighted by molar-refractivity contribution is 5.91. The van der Waals surface area contributed by atoms with Crippen LogP contribution in [0.25, 0.3) is 0 Å². The Bertz CT molecular complexity index is 710. The Morgan fingerprint density at radius 3 is 2.58 bits per heavy atom. The number of nitrogens with zero attached hydrogens (tertiary/aromatic N) is 2. The number of benzene rings is 1. The number of rotatable bonds is 5. The van der Waals surface area contributed by atoms with E-state index in [-0.39, 0.29) is 17.9 Å². The Morgan fingerprint density at radius 2 is 1.96 bits per heavy atom. The smallest absolute Gasteiger partial charge is 0.229 e. The van der Waals surface area contributed by atoms with Gasteiger partial charge in [-0.2, -0.15) is 0 Å². The van der Waals surface area contributed by atoms with Crippen molar-refractivity contribution < 1.29 is 14.3 Å². The highest BCUT2D eigenvalue weighted by Crippen LogP contribution is 2.18. The average Bonchev–Trinajstić information content (AvgIpc) is 2.52. The summed E-state index contributed by atoms with van der Waals surface area (Å²) in [5.41, 5.74) is 0.954. The summed E-state index contributed by atoms with van der Waals surface area (Å²) in [6.07, 6.45) is 1.90. The molecule has 124 valence electrons. The molecule has 0 bridgehead atoms. The van der Waals surface area contributed by atoms with E-state index in [1.54, 1.807) is 30.2 Å². The second-order valence-electron chi connectivity index (χ2n) is 5.75. The third-order valence-electron chi connectivity index (χ3n) is 3.81. The van der Waals surface area contributed by atoms with E-state index >= 15 is 0 Å². The number of amides is 2. The summed E-state index contributed by atoms with van der Waals surface area (Å²) < 4.78 is 5.72. The number of likely N-dealkylation sites (tertiary alicyclic amines) is 1. The molecule has 1 fully saturated rings. The van der Waals surface area contributed by atoms with Gasteiger partial charge in [0.15, 0.2) is 0 Å². The fraction of sp³-hybridized carbons (Fsp3) is 0.278. The van der Waals surface area contributed by atoms with Crippen LogP contribution in [0.15, 0.2) is 48.7 Å². The van der Waals surface area contributed by atoms with Gasteiger partial charge in [-0.15, -0.1) is 0 Å². The molecular weight excluding hydrogens is 306 g/mol. The van der Waals surface area contributed by atoms with Crippen LogP contribution in [0, 0.1) is 0 Å². The van der Waals surface area contributed by atoms with Crippen molar-refractivity contribution in [1.29, 1.82) is 0 Å². The Labute approximate surface area is 140 Å². The lowest BCUT2D eigenvalue weighted by Crippen LogP contribution is -2.55. The van der Waals surface area contributed by atoms with Crippen LogP contribution in [-0.2, 0) is 16.0 Å². The Kier molecular flexibility index (Phi) is 4.74. The molecule has 1 saturated heterocycles. The van der Waals surface area contributed by atoms with Crippen molar-refractivity contribution in [2.45, 2.75) is 19.4 Å². The van der Waals surface area contributed by atoms with Gasteiger partial charge in [-0.1, -0.05) is 30.3 Å². The topological polar surface area (TPSA) is 71.5 Å². The number of pyridine rings is 1. The van der Waals surface area contributed by atoms with E-state index in [9.17, 15) is 9.59 Å². The van der Waals surface area contributed by atoms with Crippen molar-refractivity contribution in [3.05, 3.63) is 54.2 Å². The van der Waals surface area contributed by atoms with Gasteiger partial charge in [-0.05, 0) is 17.7 Å². The predicted molar refractivity (Wildman–Crippen MR) is 89.7 cm³/mol. The Hall–Kier alpha value is -2.89. The number of nitrogens with one attached hydrogen (secondary N) is 1. The van der Waals surface area contributed by atoms with Crippen LogP contribution in [-0.4, -0.2) is 40.9 Å². The lowest BCUT2D eigenvalue weighted by Gasteiger charge is -2.38. The fourth-order valence-corrected chi connectivity index (χ4v) is 2.45. The molecule has 6 heteroatoms. The fourth-order valence-electron chi connectivity index (χ4n) is 2.45. The first-order valence-electron chi connectivity index (χ1n) is 7.82. The summed E-state index contributed by atoms with van der Waals surface area (Å²) in [6, 6.07) is 13.0. The minimum Gasteiger partial charge on any atom is -0.485 e. The molecule has 1 aliphatic rings. The van der Waals surface area contributed by atoms with E-state index in [0.29, 0.717) is 31.1 Å². The quantitative estimate of drug-likeness (QED) is 0.911. The van der Waals surface area contributed by atoms with Gasteiger partial charge in [0.1, 0.15) is 17.7 Å². The molecule has 1 N–H and O–H groups in total. The van der Waals surface area contributed by atoms with Gasteiger partial charge in [0.2, 0.25) is 11.8 Å². The van der Waals surface area contributed by atoms with Crippen LogP contribution in [0.5, 0.6) is 5.75 Å². The second-order valence-corrected chi connectivity index (χ2v) is 5.75. The first kappa shape index (κ1) is 16.0.